The van der Waals surface area contributed by atoms with Gasteiger partial charge in [0.05, 0.1) is 12.8 Å². The molecule has 0 aliphatic carbocycles. The number of methoxy groups -OCH3 is 1. The molecule has 0 unspecified atom stereocenters. The van der Waals surface area contributed by atoms with Gasteiger partial charge in [0.15, 0.2) is 0 Å². The van der Waals surface area contributed by atoms with Crippen molar-refractivity contribution in [2.45, 2.75) is 19.7 Å². The molecular formula is C23H18ClF3N4O2. The summed E-state index contributed by atoms with van der Waals surface area (Å²) in [6.45, 7) is 1.96. The number of halogens is 4. The number of imidazole rings is 1. The quantitative estimate of drug-likeness (QED) is 0.342. The zero-order chi connectivity index (χ0) is 23.6. The zero-order valence-electron chi connectivity index (χ0n) is 17.6. The Kier molecular flexibility index (Phi) is 6.24. The highest BCUT2D eigenvalue weighted by atomic mass is 35.5. The summed E-state index contributed by atoms with van der Waals surface area (Å²) in [4.78, 5) is 15.4. The number of nitrogens with one attached hydrogen (secondary N) is 1. The number of hydrogen-bond acceptors (Lipinski definition) is 5. The van der Waals surface area contributed by atoms with Gasteiger partial charge >= 0.3 is 6.18 Å². The third-order valence-electron chi connectivity index (χ3n) is 4.83. The lowest BCUT2D eigenvalue weighted by Gasteiger charge is -2.12. The Hall–Kier alpha value is -3.59. The van der Waals surface area contributed by atoms with Crippen molar-refractivity contribution in [1.82, 2.24) is 19.9 Å². The van der Waals surface area contributed by atoms with Crippen molar-refractivity contribution in [2.75, 3.05) is 7.11 Å². The number of benzene rings is 1. The number of alkyl halides is 3. The molecule has 0 bridgehead atoms. The van der Waals surface area contributed by atoms with Gasteiger partial charge in [0.1, 0.15) is 34.8 Å². The minimum absolute atomic E-state index is 0.0583. The lowest BCUT2D eigenvalue weighted by Crippen LogP contribution is -2.08. The number of rotatable bonds is 6. The SMILES string of the molecule is COc1cc(OCc2ccc(C(F)(F)F)nc2)ccc1-c1nc(-c2ccc(Cl)nc2)[nH]c1C. The predicted octanol–water partition coefficient (Wildman–Crippen LogP) is 6.10. The standard InChI is InChI=1S/C23H18ClF3N4O2/c1-13-21(31-22(30-13)15-4-8-20(24)29-11-15)17-6-5-16(9-18(17)32-2)33-12-14-3-7-19(28-10-14)23(25,26)27/h3-11H,12H2,1-2H3,(H,30,31). The Labute approximate surface area is 192 Å². The summed E-state index contributed by atoms with van der Waals surface area (Å²) in [6.07, 6.45) is -1.69. The first-order valence-corrected chi connectivity index (χ1v) is 10.1. The molecular weight excluding hydrogens is 457 g/mol. The van der Waals surface area contributed by atoms with E-state index in [2.05, 4.69) is 19.9 Å². The van der Waals surface area contributed by atoms with E-state index in [4.69, 9.17) is 21.1 Å². The topological polar surface area (TPSA) is 72.9 Å². The van der Waals surface area contributed by atoms with E-state index < -0.39 is 11.9 Å². The summed E-state index contributed by atoms with van der Waals surface area (Å²) in [5.41, 5.74) is 2.65. The first-order chi connectivity index (χ1) is 15.7. The normalized spacial score (nSPS) is 11.5. The van der Waals surface area contributed by atoms with Crippen LogP contribution in [-0.2, 0) is 12.8 Å². The second-order valence-electron chi connectivity index (χ2n) is 7.13. The number of ether oxygens (including phenoxy) is 2. The third-order valence-corrected chi connectivity index (χ3v) is 5.06. The molecule has 170 valence electrons. The summed E-state index contributed by atoms with van der Waals surface area (Å²) in [7, 11) is 1.54. The van der Waals surface area contributed by atoms with Gasteiger partial charge in [-0.15, -0.1) is 0 Å². The minimum Gasteiger partial charge on any atom is -0.496 e. The molecule has 0 fully saturated rings. The predicted molar refractivity (Wildman–Crippen MR) is 117 cm³/mol. The number of H-pyrrole nitrogens is 1. The van der Waals surface area contributed by atoms with Crippen molar-refractivity contribution in [3.8, 4) is 34.1 Å². The van der Waals surface area contributed by atoms with Gasteiger partial charge in [-0.2, -0.15) is 13.2 Å². The number of pyridine rings is 2. The van der Waals surface area contributed by atoms with Crippen LogP contribution in [0, 0.1) is 6.92 Å². The fraction of sp³-hybridized carbons (Fsp3) is 0.174. The summed E-state index contributed by atoms with van der Waals surface area (Å²) in [6, 6.07) is 11.0. The lowest BCUT2D eigenvalue weighted by molar-refractivity contribution is -0.141. The molecule has 0 saturated heterocycles. The number of hydrogen-bond donors (Lipinski definition) is 1. The van der Waals surface area contributed by atoms with E-state index in [1.54, 1.807) is 24.4 Å². The van der Waals surface area contributed by atoms with Crippen LogP contribution in [0.2, 0.25) is 5.15 Å². The third kappa shape index (κ3) is 5.09. The molecule has 4 aromatic rings. The van der Waals surface area contributed by atoms with E-state index in [0.717, 1.165) is 29.1 Å². The first kappa shape index (κ1) is 22.6. The summed E-state index contributed by atoms with van der Waals surface area (Å²) in [5.74, 6) is 1.67. The van der Waals surface area contributed by atoms with E-state index in [1.807, 2.05) is 19.1 Å². The van der Waals surface area contributed by atoms with Crippen LogP contribution < -0.4 is 9.47 Å². The Balaban J connectivity index is 1.53. The number of aromatic amines is 1. The van der Waals surface area contributed by atoms with Crippen LogP contribution in [0.3, 0.4) is 0 Å². The maximum Gasteiger partial charge on any atom is 0.433 e. The minimum atomic E-state index is -4.48. The van der Waals surface area contributed by atoms with Gasteiger partial charge in [0.25, 0.3) is 0 Å². The molecule has 33 heavy (non-hydrogen) atoms. The molecule has 0 aliphatic rings. The highest BCUT2D eigenvalue weighted by Crippen LogP contribution is 2.35. The van der Waals surface area contributed by atoms with Crippen molar-refractivity contribution < 1.29 is 22.6 Å². The van der Waals surface area contributed by atoms with Gasteiger partial charge in [-0.1, -0.05) is 17.7 Å². The van der Waals surface area contributed by atoms with Gasteiger partial charge in [-0.05, 0) is 37.3 Å². The molecule has 0 amide bonds. The van der Waals surface area contributed by atoms with Gasteiger partial charge in [0, 0.05) is 40.8 Å². The van der Waals surface area contributed by atoms with Crippen molar-refractivity contribution in [1.29, 1.82) is 0 Å². The number of aryl methyl sites for hydroxylation is 1. The highest BCUT2D eigenvalue weighted by Gasteiger charge is 2.32. The van der Waals surface area contributed by atoms with Gasteiger partial charge < -0.3 is 14.5 Å². The van der Waals surface area contributed by atoms with Crippen LogP contribution in [0.5, 0.6) is 11.5 Å². The van der Waals surface area contributed by atoms with Crippen LogP contribution >= 0.6 is 11.6 Å². The summed E-state index contributed by atoms with van der Waals surface area (Å²) >= 11 is 5.86. The van der Waals surface area contributed by atoms with Crippen LogP contribution in [0.25, 0.3) is 22.6 Å². The maximum atomic E-state index is 12.7. The van der Waals surface area contributed by atoms with E-state index in [-0.39, 0.29) is 6.61 Å². The Morgan fingerprint density at radius 1 is 1.03 bits per heavy atom. The average Bonchev–Trinajstić information content (AvgIpc) is 3.19. The molecule has 3 heterocycles. The molecule has 1 aromatic carbocycles. The smallest absolute Gasteiger partial charge is 0.433 e. The fourth-order valence-electron chi connectivity index (χ4n) is 3.18. The molecule has 4 rings (SSSR count). The maximum absolute atomic E-state index is 12.7. The molecule has 3 aromatic heterocycles. The highest BCUT2D eigenvalue weighted by molar-refractivity contribution is 6.29. The van der Waals surface area contributed by atoms with E-state index in [1.165, 1.54) is 13.2 Å². The van der Waals surface area contributed by atoms with Crippen molar-refractivity contribution >= 4 is 11.6 Å². The van der Waals surface area contributed by atoms with Crippen molar-refractivity contribution in [2.24, 2.45) is 0 Å². The second kappa shape index (κ2) is 9.11. The molecule has 1 N–H and O–H groups in total. The van der Waals surface area contributed by atoms with Crippen LogP contribution in [0.4, 0.5) is 13.2 Å². The van der Waals surface area contributed by atoms with Crippen molar-refractivity contribution in [3.63, 3.8) is 0 Å². The molecule has 6 nitrogen and oxygen atoms in total. The Morgan fingerprint density at radius 3 is 2.48 bits per heavy atom. The number of aromatic nitrogens is 4. The molecule has 0 aliphatic heterocycles. The molecule has 0 atom stereocenters. The molecule has 0 spiro atoms. The second-order valence-corrected chi connectivity index (χ2v) is 7.52. The number of nitrogens with zero attached hydrogens (tertiary/aromatic N) is 3. The Morgan fingerprint density at radius 2 is 1.85 bits per heavy atom. The fourth-order valence-corrected chi connectivity index (χ4v) is 3.29. The molecule has 0 radical (unpaired) electrons. The monoisotopic (exact) mass is 474 g/mol. The molecule has 10 heteroatoms. The largest absolute Gasteiger partial charge is 0.496 e. The van der Waals surface area contributed by atoms with Crippen molar-refractivity contribution in [3.05, 3.63) is 77.0 Å². The van der Waals surface area contributed by atoms with Gasteiger partial charge in [-0.25, -0.2) is 9.97 Å². The summed E-state index contributed by atoms with van der Waals surface area (Å²) in [5, 5.41) is 0.395. The lowest BCUT2D eigenvalue weighted by atomic mass is 10.1. The summed E-state index contributed by atoms with van der Waals surface area (Å²) < 4.78 is 49.2. The van der Waals surface area contributed by atoms with Crippen LogP contribution in [0.15, 0.2) is 54.9 Å². The average molecular weight is 475 g/mol. The van der Waals surface area contributed by atoms with E-state index in [0.29, 0.717) is 33.7 Å². The first-order valence-electron chi connectivity index (χ1n) is 9.76. The van der Waals surface area contributed by atoms with Gasteiger partial charge in [0.2, 0.25) is 0 Å². The van der Waals surface area contributed by atoms with E-state index in [9.17, 15) is 13.2 Å². The van der Waals surface area contributed by atoms with Crippen LogP contribution in [0.1, 0.15) is 17.0 Å². The van der Waals surface area contributed by atoms with Gasteiger partial charge in [-0.3, -0.25) is 4.98 Å². The zero-order valence-corrected chi connectivity index (χ0v) is 18.3. The molecule has 0 saturated carbocycles. The van der Waals surface area contributed by atoms with Crippen LogP contribution in [-0.4, -0.2) is 27.0 Å². The Bertz CT molecular complexity index is 1260. The van der Waals surface area contributed by atoms with E-state index >= 15 is 0 Å².